The Kier molecular flexibility index (Phi) is 4.72. The van der Waals surface area contributed by atoms with Gasteiger partial charge in [0.15, 0.2) is 11.5 Å². The van der Waals surface area contributed by atoms with Gasteiger partial charge in [0.2, 0.25) is 0 Å². The van der Waals surface area contributed by atoms with Crippen molar-refractivity contribution in [1.82, 2.24) is 15.0 Å². The number of hydrogen-bond donors (Lipinski definition) is 0. The second-order valence-corrected chi connectivity index (χ2v) is 4.28. The first-order valence-electron chi connectivity index (χ1n) is 6.32. The van der Waals surface area contributed by atoms with E-state index in [0.29, 0.717) is 17.1 Å². The maximum Gasteiger partial charge on any atom is 0.360 e. The fourth-order valence-electron chi connectivity index (χ4n) is 1.84. The molecule has 2 rings (SSSR count). The first-order valence-corrected chi connectivity index (χ1v) is 6.32. The van der Waals surface area contributed by atoms with Gasteiger partial charge in [0.05, 0.1) is 33.1 Å². The lowest BCUT2D eigenvalue weighted by atomic mass is 10.1. The van der Waals surface area contributed by atoms with Crippen molar-refractivity contribution < 1.29 is 23.8 Å². The number of ketones is 1. The molecule has 0 aliphatic rings. The van der Waals surface area contributed by atoms with E-state index in [-0.39, 0.29) is 18.0 Å². The van der Waals surface area contributed by atoms with E-state index in [0.717, 1.165) is 0 Å². The van der Waals surface area contributed by atoms with Crippen molar-refractivity contribution in [3.05, 3.63) is 35.7 Å². The van der Waals surface area contributed by atoms with Crippen LogP contribution in [0.1, 0.15) is 20.8 Å². The topological polar surface area (TPSA) is 92.5 Å². The van der Waals surface area contributed by atoms with E-state index in [2.05, 4.69) is 15.0 Å². The van der Waals surface area contributed by atoms with Crippen molar-refractivity contribution in [2.45, 2.75) is 6.54 Å². The van der Waals surface area contributed by atoms with Gasteiger partial charge in [-0.25, -0.2) is 9.48 Å². The normalized spacial score (nSPS) is 10.1. The molecule has 8 nitrogen and oxygen atoms in total. The number of hydrogen-bond acceptors (Lipinski definition) is 7. The van der Waals surface area contributed by atoms with E-state index < -0.39 is 5.97 Å². The lowest BCUT2D eigenvalue weighted by molar-refractivity contribution is 0.0593. The molecule has 2 aromatic rings. The minimum atomic E-state index is -0.613. The summed E-state index contributed by atoms with van der Waals surface area (Å²) in [4.78, 5) is 23.7. The average Bonchev–Trinajstić information content (AvgIpc) is 3.01. The summed E-state index contributed by atoms with van der Waals surface area (Å²) < 4.78 is 16.1. The van der Waals surface area contributed by atoms with Gasteiger partial charge in [0.25, 0.3) is 0 Å². The molecule has 1 aromatic carbocycles. The molecular weight excluding hydrogens is 290 g/mol. The lowest BCUT2D eigenvalue weighted by Crippen LogP contribution is -2.12. The largest absolute Gasteiger partial charge is 0.497 e. The third-order valence-electron chi connectivity index (χ3n) is 2.95. The number of benzene rings is 1. The van der Waals surface area contributed by atoms with Crippen LogP contribution in [-0.4, -0.2) is 48.1 Å². The van der Waals surface area contributed by atoms with Crippen LogP contribution in [-0.2, 0) is 11.3 Å². The van der Waals surface area contributed by atoms with Crippen molar-refractivity contribution in [2.24, 2.45) is 0 Å². The van der Waals surface area contributed by atoms with Crippen LogP contribution in [0.4, 0.5) is 0 Å². The number of carbonyl (C=O) groups is 2. The minimum Gasteiger partial charge on any atom is -0.497 e. The Hall–Kier alpha value is -2.90. The van der Waals surface area contributed by atoms with Gasteiger partial charge in [-0.15, -0.1) is 5.10 Å². The molecule has 0 saturated carbocycles. The number of esters is 1. The molecule has 0 fully saturated rings. The summed E-state index contributed by atoms with van der Waals surface area (Å²) in [7, 11) is 4.23. The average molecular weight is 305 g/mol. The molecule has 1 heterocycles. The smallest absolute Gasteiger partial charge is 0.360 e. The van der Waals surface area contributed by atoms with Crippen LogP contribution >= 0.6 is 0 Å². The zero-order valence-electron chi connectivity index (χ0n) is 12.4. The van der Waals surface area contributed by atoms with Crippen LogP contribution < -0.4 is 9.47 Å². The number of aromatic nitrogens is 3. The molecule has 0 radical (unpaired) electrons. The van der Waals surface area contributed by atoms with Crippen molar-refractivity contribution in [2.75, 3.05) is 21.3 Å². The summed E-state index contributed by atoms with van der Waals surface area (Å²) >= 11 is 0. The molecule has 0 atom stereocenters. The molecule has 116 valence electrons. The molecular formula is C14H15N3O5. The highest BCUT2D eigenvalue weighted by atomic mass is 16.5. The van der Waals surface area contributed by atoms with Crippen LogP contribution in [0.2, 0.25) is 0 Å². The van der Waals surface area contributed by atoms with Crippen molar-refractivity contribution in [3.63, 3.8) is 0 Å². The van der Waals surface area contributed by atoms with Crippen molar-refractivity contribution >= 4 is 11.8 Å². The van der Waals surface area contributed by atoms with Crippen molar-refractivity contribution in [3.8, 4) is 11.5 Å². The van der Waals surface area contributed by atoms with Crippen LogP contribution in [0, 0.1) is 0 Å². The minimum absolute atomic E-state index is 0.0351. The van der Waals surface area contributed by atoms with E-state index in [1.807, 2.05) is 0 Å². The Morgan fingerprint density at radius 2 is 1.95 bits per heavy atom. The van der Waals surface area contributed by atoms with Gasteiger partial charge in [0.1, 0.15) is 18.0 Å². The van der Waals surface area contributed by atoms with E-state index in [1.54, 1.807) is 18.2 Å². The summed E-state index contributed by atoms with van der Waals surface area (Å²) in [6.45, 7) is -0.0898. The summed E-state index contributed by atoms with van der Waals surface area (Å²) in [5.74, 6) is 0.104. The SMILES string of the molecule is COC(=O)c1cn(CC(=O)c2cc(OC)ccc2OC)nn1. The maximum absolute atomic E-state index is 12.4. The first-order chi connectivity index (χ1) is 10.6. The fraction of sp³-hybridized carbons (Fsp3) is 0.286. The summed E-state index contributed by atoms with van der Waals surface area (Å²) in [5.41, 5.74) is 0.393. The summed E-state index contributed by atoms with van der Waals surface area (Å²) in [6.07, 6.45) is 1.34. The molecule has 0 N–H and O–H groups in total. The standard InChI is InChI=1S/C14H15N3O5/c1-20-9-4-5-13(21-2)10(6-9)12(18)8-17-7-11(15-16-17)14(19)22-3/h4-7H,8H2,1-3H3. The monoisotopic (exact) mass is 305 g/mol. The highest BCUT2D eigenvalue weighted by molar-refractivity contribution is 5.99. The Morgan fingerprint density at radius 3 is 2.59 bits per heavy atom. The third kappa shape index (κ3) is 3.22. The summed E-state index contributed by atoms with van der Waals surface area (Å²) in [6, 6.07) is 4.92. The predicted octanol–water partition coefficient (Wildman–Crippen LogP) is 0.965. The quantitative estimate of drug-likeness (QED) is 0.579. The third-order valence-corrected chi connectivity index (χ3v) is 2.95. The van der Waals surface area contributed by atoms with Crippen molar-refractivity contribution in [1.29, 1.82) is 0 Å². The zero-order chi connectivity index (χ0) is 16.1. The van der Waals surface area contributed by atoms with Crippen LogP contribution in [0.15, 0.2) is 24.4 Å². The van der Waals surface area contributed by atoms with Gasteiger partial charge < -0.3 is 14.2 Å². The fourth-order valence-corrected chi connectivity index (χ4v) is 1.84. The number of ether oxygens (including phenoxy) is 3. The van der Waals surface area contributed by atoms with Gasteiger partial charge in [-0.05, 0) is 18.2 Å². The Morgan fingerprint density at radius 1 is 1.18 bits per heavy atom. The van der Waals surface area contributed by atoms with E-state index >= 15 is 0 Å². The molecule has 0 amide bonds. The number of Topliss-reactive ketones (excluding diaryl/α,β-unsaturated/α-hetero) is 1. The molecule has 0 saturated heterocycles. The number of nitrogens with zero attached hydrogens (tertiary/aromatic N) is 3. The maximum atomic E-state index is 12.4. The molecule has 22 heavy (non-hydrogen) atoms. The van der Waals surface area contributed by atoms with E-state index in [1.165, 1.54) is 32.2 Å². The highest BCUT2D eigenvalue weighted by Gasteiger charge is 2.17. The van der Waals surface area contributed by atoms with Gasteiger partial charge in [-0.2, -0.15) is 0 Å². The molecule has 0 unspecified atom stereocenters. The predicted molar refractivity (Wildman–Crippen MR) is 75.2 cm³/mol. The van der Waals surface area contributed by atoms with E-state index in [4.69, 9.17) is 9.47 Å². The Labute approximate surface area is 126 Å². The van der Waals surface area contributed by atoms with E-state index in [9.17, 15) is 9.59 Å². The van der Waals surface area contributed by atoms with Crippen LogP contribution in [0.3, 0.4) is 0 Å². The number of methoxy groups -OCH3 is 3. The van der Waals surface area contributed by atoms with Crippen LogP contribution in [0.5, 0.6) is 11.5 Å². The van der Waals surface area contributed by atoms with Gasteiger partial charge in [-0.1, -0.05) is 5.21 Å². The first kappa shape index (κ1) is 15.5. The van der Waals surface area contributed by atoms with Gasteiger partial charge >= 0.3 is 5.97 Å². The number of rotatable bonds is 6. The zero-order valence-corrected chi connectivity index (χ0v) is 12.4. The summed E-state index contributed by atoms with van der Waals surface area (Å²) in [5, 5.41) is 7.36. The second-order valence-electron chi connectivity index (χ2n) is 4.28. The second kappa shape index (κ2) is 6.70. The molecule has 0 bridgehead atoms. The van der Waals surface area contributed by atoms with Gasteiger partial charge in [-0.3, -0.25) is 4.79 Å². The Balaban J connectivity index is 2.21. The van der Waals surface area contributed by atoms with Gasteiger partial charge in [0, 0.05) is 0 Å². The highest BCUT2D eigenvalue weighted by Crippen LogP contribution is 2.24. The molecule has 1 aromatic heterocycles. The molecule has 0 aliphatic heterocycles. The molecule has 0 aliphatic carbocycles. The Bertz CT molecular complexity index is 696. The molecule has 0 spiro atoms. The number of carbonyl (C=O) groups excluding carboxylic acids is 2. The lowest BCUT2D eigenvalue weighted by Gasteiger charge is -2.09. The molecule has 8 heteroatoms. The van der Waals surface area contributed by atoms with Crippen LogP contribution in [0.25, 0.3) is 0 Å².